The van der Waals surface area contributed by atoms with Crippen molar-refractivity contribution in [3.05, 3.63) is 39.4 Å². The Bertz CT molecular complexity index is 851. The molecule has 0 aliphatic carbocycles. The summed E-state index contributed by atoms with van der Waals surface area (Å²) < 4.78 is 24.2. The lowest BCUT2D eigenvalue weighted by Gasteiger charge is -2.14. The normalized spacial score (nSPS) is 12.3. The maximum Gasteiger partial charge on any atom is 0.301 e. The molecule has 0 fully saturated rings. The number of nitro benzene ring substituents is 1. The summed E-state index contributed by atoms with van der Waals surface area (Å²) in [6.07, 6.45) is 2.71. The number of hydrogen-bond acceptors (Lipinski definition) is 7. The molecule has 2 aromatic rings. The SMILES string of the molecule is CC(C)(C)c1cnc(Sc2cccc(S(C)(=O)=O)c2[N+](=O)[O-])s1. The first-order valence-corrected chi connectivity index (χ1v) is 10.1. The lowest BCUT2D eigenvalue weighted by molar-refractivity contribution is -0.390. The van der Waals surface area contributed by atoms with Crippen molar-refractivity contribution in [3.63, 3.8) is 0 Å². The van der Waals surface area contributed by atoms with Gasteiger partial charge in [-0.1, -0.05) is 38.6 Å². The molecule has 9 heteroatoms. The predicted molar refractivity (Wildman–Crippen MR) is 91.1 cm³/mol. The highest BCUT2D eigenvalue weighted by Crippen LogP contribution is 2.41. The number of aromatic nitrogens is 1. The minimum Gasteiger partial charge on any atom is -0.258 e. The fraction of sp³-hybridized carbons (Fsp3) is 0.357. The number of para-hydroxylation sites is 1. The van der Waals surface area contributed by atoms with Crippen LogP contribution in [0.5, 0.6) is 0 Å². The molecule has 0 radical (unpaired) electrons. The highest BCUT2D eigenvalue weighted by atomic mass is 32.2. The van der Waals surface area contributed by atoms with Gasteiger partial charge in [0, 0.05) is 17.3 Å². The molecule has 0 N–H and O–H groups in total. The number of sulfone groups is 1. The molecule has 2 rings (SSSR count). The van der Waals surface area contributed by atoms with Crippen LogP contribution in [0, 0.1) is 10.1 Å². The summed E-state index contributed by atoms with van der Waals surface area (Å²) in [7, 11) is -3.68. The van der Waals surface area contributed by atoms with Gasteiger partial charge in [0.2, 0.25) is 0 Å². The van der Waals surface area contributed by atoms with Crippen molar-refractivity contribution in [3.8, 4) is 0 Å². The van der Waals surface area contributed by atoms with Crippen LogP contribution in [-0.2, 0) is 15.3 Å². The van der Waals surface area contributed by atoms with E-state index in [0.29, 0.717) is 4.34 Å². The second-order valence-electron chi connectivity index (χ2n) is 5.97. The van der Waals surface area contributed by atoms with Gasteiger partial charge < -0.3 is 0 Å². The van der Waals surface area contributed by atoms with Crippen molar-refractivity contribution in [1.82, 2.24) is 4.98 Å². The molecule has 0 saturated carbocycles. The second kappa shape index (κ2) is 6.21. The van der Waals surface area contributed by atoms with Crippen molar-refractivity contribution in [2.75, 3.05) is 6.26 Å². The summed E-state index contributed by atoms with van der Waals surface area (Å²) in [4.78, 5) is 16.0. The summed E-state index contributed by atoms with van der Waals surface area (Å²) in [5, 5.41) is 11.4. The topological polar surface area (TPSA) is 90.2 Å². The Hall–Kier alpha value is -1.45. The Kier molecular flexibility index (Phi) is 4.84. The molecule has 0 amide bonds. The van der Waals surface area contributed by atoms with Gasteiger partial charge in [-0.25, -0.2) is 13.4 Å². The van der Waals surface area contributed by atoms with Gasteiger partial charge in [-0.3, -0.25) is 10.1 Å². The van der Waals surface area contributed by atoms with Gasteiger partial charge in [-0.15, -0.1) is 11.3 Å². The van der Waals surface area contributed by atoms with Crippen LogP contribution in [0.25, 0.3) is 0 Å². The molecule has 6 nitrogen and oxygen atoms in total. The standard InChI is InChI=1S/C14H16N2O4S3/c1-14(2,3)11-8-15-13(22-11)21-9-6-5-7-10(23(4,19)20)12(9)16(17)18/h5-8H,1-4H3. The molecule has 0 bridgehead atoms. The summed E-state index contributed by atoms with van der Waals surface area (Å²) in [6, 6.07) is 4.29. The van der Waals surface area contributed by atoms with E-state index < -0.39 is 20.4 Å². The zero-order valence-electron chi connectivity index (χ0n) is 13.1. The first kappa shape index (κ1) is 17.9. The van der Waals surface area contributed by atoms with Crippen LogP contribution < -0.4 is 0 Å². The number of hydrogen-bond donors (Lipinski definition) is 0. The van der Waals surface area contributed by atoms with E-state index >= 15 is 0 Å². The molecule has 1 heterocycles. The highest BCUT2D eigenvalue weighted by molar-refractivity contribution is 8.01. The fourth-order valence-electron chi connectivity index (χ4n) is 1.81. The fourth-order valence-corrected chi connectivity index (χ4v) is 4.87. The average molecular weight is 372 g/mol. The van der Waals surface area contributed by atoms with Crippen molar-refractivity contribution in [1.29, 1.82) is 0 Å². The predicted octanol–water partition coefficient (Wildman–Crippen LogP) is 3.90. The lowest BCUT2D eigenvalue weighted by atomic mass is 9.96. The molecule has 0 unspecified atom stereocenters. The number of nitro groups is 1. The second-order valence-corrected chi connectivity index (χ2v) is 10.3. The monoisotopic (exact) mass is 372 g/mol. The maximum atomic E-state index is 11.8. The van der Waals surface area contributed by atoms with Crippen LogP contribution in [0.3, 0.4) is 0 Å². The van der Waals surface area contributed by atoms with Crippen molar-refractivity contribution >= 4 is 38.6 Å². The summed E-state index contributed by atoms with van der Waals surface area (Å²) >= 11 is 2.56. The van der Waals surface area contributed by atoms with E-state index in [9.17, 15) is 18.5 Å². The number of thiazole rings is 1. The van der Waals surface area contributed by atoms with Crippen molar-refractivity contribution < 1.29 is 13.3 Å². The summed E-state index contributed by atoms with van der Waals surface area (Å²) in [5.74, 6) is 0. The van der Waals surface area contributed by atoms with E-state index in [4.69, 9.17) is 0 Å². The summed E-state index contributed by atoms with van der Waals surface area (Å²) in [5.41, 5.74) is -0.454. The Morgan fingerprint density at radius 3 is 2.43 bits per heavy atom. The van der Waals surface area contributed by atoms with Crippen LogP contribution >= 0.6 is 23.1 Å². The van der Waals surface area contributed by atoms with Crippen molar-refractivity contribution in [2.45, 2.75) is 40.3 Å². The van der Waals surface area contributed by atoms with E-state index in [0.717, 1.165) is 22.9 Å². The molecular weight excluding hydrogens is 356 g/mol. The van der Waals surface area contributed by atoms with Gasteiger partial charge in [-0.05, 0) is 17.5 Å². The third-order valence-corrected chi connectivity index (χ3v) is 6.64. The van der Waals surface area contributed by atoms with Crippen LogP contribution in [0.4, 0.5) is 5.69 Å². The molecule has 23 heavy (non-hydrogen) atoms. The van der Waals surface area contributed by atoms with E-state index in [-0.39, 0.29) is 15.2 Å². The lowest BCUT2D eigenvalue weighted by Crippen LogP contribution is -2.07. The van der Waals surface area contributed by atoms with E-state index in [1.165, 1.54) is 29.5 Å². The number of nitrogens with zero attached hydrogens (tertiary/aromatic N) is 2. The smallest absolute Gasteiger partial charge is 0.258 e. The van der Waals surface area contributed by atoms with Crippen molar-refractivity contribution in [2.24, 2.45) is 0 Å². The first-order chi connectivity index (χ1) is 10.5. The molecule has 0 aliphatic rings. The quantitative estimate of drug-likeness (QED) is 0.597. The number of benzene rings is 1. The molecule has 0 aliphatic heterocycles. The van der Waals surface area contributed by atoms with E-state index in [1.807, 2.05) is 0 Å². The van der Waals surface area contributed by atoms with Crippen LogP contribution in [0.15, 0.2) is 38.5 Å². The van der Waals surface area contributed by atoms with Gasteiger partial charge in [0.05, 0.1) is 9.82 Å². The minimum absolute atomic E-state index is 0.0585. The van der Waals surface area contributed by atoms with Gasteiger partial charge in [-0.2, -0.15) is 0 Å². The van der Waals surface area contributed by atoms with Crippen LogP contribution in [0.2, 0.25) is 0 Å². The van der Waals surface area contributed by atoms with E-state index in [2.05, 4.69) is 25.8 Å². The Morgan fingerprint density at radius 2 is 1.96 bits per heavy atom. The molecule has 1 aromatic carbocycles. The average Bonchev–Trinajstić information content (AvgIpc) is 2.85. The Morgan fingerprint density at radius 1 is 1.30 bits per heavy atom. The zero-order chi connectivity index (χ0) is 17.4. The maximum absolute atomic E-state index is 11.8. The minimum atomic E-state index is -3.68. The van der Waals surface area contributed by atoms with Gasteiger partial charge >= 0.3 is 5.69 Å². The van der Waals surface area contributed by atoms with Gasteiger partial charge in [0.25, 0.3) is 0 Å². The van der Waals surface area contributed by atoms with Crippen LogP contribution in [0.1, 0.15) is 25.6 Å². The van der Waals surface area contributed by atoms with Gasteiger partial charge in [0.1, 0.15) is 4.90 Å². The molecule has 1 aromatic heterocycles. The Balaban J connectivity index is 2.49. The molecule has 124 valence electrons. The highest BCUT2D eigenvalue weighted by Gasteiger charge is 2.27. The molecule has 0 atom stereocenters. The first-order valence-electron chi connectivity index (χ1n) is 6.62. The van der Waals surface area contributed by atoms with Crippen LogP contribution in [-0.4, -0.2) is 24.6 Å². The third kappa shape index (κ3) is 4.10. The molecular formula is C14H16N2O4S3. The third-order valence-electron chi connectivity index (χ3n) is 2.96. The zero-order valence-corrected chi connectivity index (χ0v) is 15.5. The van der Waals surface area contributed by atoms with Gasteiger partial charge in [0.15, 0.2) is 14.2 Å². The largest absolute Gasteiger partial charge is 0.301 e. The Labute approximate surface area is 143 Å². The number of rotatable bonds is 4. The summed E-state index contributed by atoms with van der Waals surface area (Å²) in [6.45, 7) is 6.17. The van der Waals surface area contributed by atoms with E-state index in [1.54, 1.807) is 6.20 Å². The molecule has 0 saturated heterocycles. The molecule has 0 spiro atoms.